The number of aromatic nitrogens is 1. The van der Waals surface area contributed by atoms with Gasteiger partial charge in [0.1, 0.15) is 18.2 Å². The van der Waals surface area contributed by atoms with Crippen molar-refractivity contribution < 1.29 is 9.53 Å². The van der Waals surface area contributed by atoms with Crippen LogP contribution in [0.25, 0.3) is 0 Å². The zero-order valence-electron chi connectivity index (χ0n) is 11.8. The molecule has 0 aliphatic rings. The van der Waals surface area contributed by atoms with Crippen molar-refractivity contribution in [3.63, 3.8) is 0 Å². The first-order chi connectivity index (χ1) is 10.1. The minimum absolute atomic E-state index is 0.361. The lowest BCUT2D eigenvalue weighted by atomic mass is 10.2. The van der Waals surface area contributed by atoms with Crippen LogP contribution < -0.4 is 21.5 Å². The Morgan fingerprint density at radius 3 is 2.76 bits per heavy atom. The Morgan fingerprint density at radius 2 is 2.05 bits per heavy atom. The van der Waals surface area contributed by atoms with E-state index in [1.54, 1.807) is 24.3 Å². The van der Waals surface area contributed by atoms with E-state index in [0.29, 0.717) is 36.0 Å². The van der Waals surface area contributed by atoms with Crippen LogP contribution >= 0.6 is 0 Å². The van der Waals surface area contributed by atoms with Gasteiger partial charge in [0.05, 0.1) is 17.8 Å². The number of rotatable bonds is 6. The number of pyridine rings is 1. The van der Waals surface area contributed by atoms with Crippen LogP contribution in [0.15, 0.2) is 36.4 Å². The number of carbonyl (C=O) groups is 1. The van der Waals surface area contributed by atoms with Crippen molar-refractivity contribution in [3.05, 3.63) is 47.7 Å². The fourth-order valence-electron chi connectivity index (χ4n) is 1.83. The summed E-state index contributed by atoms with van der Waals surface area (Å²) in [4.78, 5) is 15.6. The number of hydrogen-bond donors (Lipinski definition) is 3. The predicted molar refractivity (Wildman–Crippen MR) is 82.3 cm³/mol. The molecule has 21 heavy (non-hydrogen) atoms. The van der Waals surface area contributed by atoms with Gasteiger partial charge in [-0.25, -0.2) is 4.98 Å². The molecule has 2 aromatic rings. The lowest BCUT2D eigenvalue weighted by molar-refractivity contribution is 0.100. The van der Waals surface area contributed by atoms with Gasteiger partial charge in [-0.05, 0) is 31.2 Å². The second-order valence-electron chi connectivity index (χ2n) is 4.53. The van der Waals surface area contributed by atoms with Gasteiger partial charge in [0, 0.05) is 5.69 Å². The molecule has 6 nitrogen and oxygen atoms in total. The van der Waals surface area contributed by atoms with E-state index in [9.17, 15) is 4.79 Å². The highest BCUT2D eigenvalue weighted by atomic mass is 16.5. The third-order valence-electron chi connectivity index (χ3n) is 2.87. The fraction of sp³-hybridized carbons (Fsp3) is 0.200. The third kappa shape index (κ3) is 3.85. The number of nitrogens with two attached hydrogens (primary N) is 2. The van der Waals surface area contributed by atoms with Crippen molar-refractivity contribution in [3.8, 4) is 5.75 Å². The van der Waals surface area contributed by atoms with Crippen LogP contribution in [-0.4, -0.2) is 24.0 Å². The number of benzene rings is 1. The highest BCUT2D eigenvalue weighted by molar-refractivity contribution is 5.97. The van der Waals surface area contributed by atoms with Gasteiger partial charge < -0.3 is 21.5 Å². The molecule has 0 aliphatic heterocycles. The Labute approximate surface area is 123 Å². The Kier molecular flexibility index (Phi) is 4.61. The van der Waals surface area contributed by atoms with Crippen molar-refractivity contribution in [2.75, 3.05) is 24.2 Å². The van der Waals surface area contributed by atoms with E-state index >= 15 is 0 Å². The minimum Gasteiger partial charge on any atom is -0.490 e. The van der Waals surface area contributed by atoms with Crippen molar-refractivity contribution in [1.82, 2.24) is 4.98 Å². The first-order valence-corrected chi connectivity index (χ1v) is 6.56. The number of amides is 1. The maximum atomic E-state index is 11.3. The number of ether oxygens (including phenoxy) is 1. The highest BCUT2D eigenvalue weighted by Gasteiger charge is 2.09. The Balaban J connectivity index is 1.93. The van der Waals surface area contributed by atoms with E-state index in [0.717, 1.165) is 5.69 Å². The van der Waals surface area contributed by atoms with Gasteiger partial charge >= 0.3 is 0 Å². The molecule has 6 heteroatoms. The van der Waals surface area contributed by atoms with E-state index in [1.807, 2.05) is 19.1 Å². The van der Waals surface area contributed by atoms with Crippen LogP contribution in [0.3, 0.4) is 0 Å². The zero-order chi connectivity index (χ0) is 15.2. The second kappa shape index (κ2) is 6.60. The molecule has 1 heterocycles. The van der Waals surface area contributed by atoms with E-state index in [4.69, 9.17) is 16.2 Å². The van der Waals surface area contributed by atoms with Gasteiger partial charge in [0.2, 0.25) is 0 Å². The molecule has 1 amide bonds. The van der Waals surface area contributed by atoms with Crippen LogP contribution in [-0.2, 0) is 0 Å². The monoisotopic (exact) mass is 286 g/mol. The molecule has 1 aromatic heterocycles. The molecule has 0 saturated heterocycles. The molecular formula is C15H18N4O2. The van der Waals surface area contributed by atoms with Crippen molar-refractivity contribution in [2.24, 2.45) is 5.73 Å². The van der Waals surface area contributed by atoms with Gasteiger partial charge in [-0.3, -0.25) is 4.79 Å². The summed E-state index contributed by atoms with van der Waals surface area (Å²) < 4.78 is 5.56. The number of nitrogens with one attached hydrogen (secondary N) is 1. The van der Waals surface area contributed by atoms with Crippen LogP contribution in [0.4, 0.5) is 11.5 Å². The largest absolute Gasteiger partial charge is 0.490 e. The Hall–Kier alpha value is -2.76. The first kappa shape index (κ1) is 14.6. The predicted octanol–water partition coefficient (Wildman–Crippen LogP) is 1.56. The maximum absolute atomic E-state index is 11.3. The van der Waals surface area contributed by atoms with Crippen molar-refractivity contribution >= 4 is 17.4 Å². The van der Waals surface area contributed by atoms with E-state index < -0.39 is 5.91 Å². The quantitative estimate of drug-likeness (QED) is 0.552. The zero-order valence-corrected chi connectivity index (χ0v) is 11.8. The lowest BCUT2D eigenvalue weighted by Gasteiger charge is -2.11. The summed E-state index contributed by atoms with van der Waals surface area (Å²) in [6.07, 6.45) is 0. The summed E-state index contributed by atoms with van der Waals surface area (Å²) in [7, 11) is 0. The van der Waals surface area contributed by atoms with Crippen LogP contribution in [0.1, 0.15) is 16.1 Å². The molecule has 0 radical (unpaired) electrons. The molecular weight excluding hydrogens is 268 g/mol. The molecule has 0 fully saturated rings. The number of primary amides is 1. The summed E-state index contributed by atoms with van der Waals surface area (Å²) in [6.45, 7) is 2.71. The number of aryl methyl sites for hydroxylation is 1. The van der Waals surface area contributed by atoms with Crippen LogP contribution in [0, 0.1) is 6.92 Å². The van der Waals surface area contributed by atoms with Crippen molar-refractivity contribution in [2.45, 2.75) is 6.92 Å². The van der Waals surface area contributed by atoms with E-state index in [1.165, 1.54) is 0 Å². The molecule has 0 bridgehead atoms. The topological polar surface area (TPSA) is 103 Å². The number of nitrogens with zero attached hydrogens (tertiary/aromatic N) is 1. The molecule has 0 aliphatic carbocycles. The number of nitrogen functional groups attached to an aromatic ring is 1. The molecule has 0 spiro atoms. The Morgan fingerprint density at radius 1 is 1.29 bits per heavy atom. The average molecular weight is 286 g/mol. The summed E-state index contributed by atoms with van der Waals surface area (Å²) >= 11 is 0. The Bertz CT molecular complexity index is 643. The molecule has 2 rings (SSSR count). The number of anilines is 2. The maximum Gasteiger partial charge on any atom is 0.252 e. The average Bonchev–Trinajstić information content (AvgIpc) is 2.45. The smallest absolute Gasteiger partial charge is 0.252 e. The first-order valence-electron chi connectivity index (χ1n) is 6.56. The molecule has 0 saturated carbocycles. The molecule has 110 valence electrons. The molecule has 1 aromatic carbocycles. The minimum atomic E-state index is -0.516. The number of para-hydroxylation sites is 2. The standard InChI is InChI=1S/C15H18N4O2/c1-10-6-7-11(14(17)20)15(19-10)18-8-9-21-13-5-3-2-4-12(13)16/h2-7H,8-9,16H2,1H3,(H2,17,20)(H,18,19). The molecule has 0 atom stereocenters. The van der Waals surface area contributed by atoms with Crippen LogP contribution in [0.2, 0.25) is 0 Å². The van der Waals surface area contributed by atoms with E-state index in [-0.39, 0.29) is 0 Å². The second-order valence-corrected chi connectivity index (χ2v) is 4.53. The van der Waals surface area contributed by atoms with Crippen molar-refractivity contribution in [1.29, 1.82) is 0 Å². The third-order valence-corrected chi connectivity index (χ3v) is 2.87. The van der Waals surface area contributed by atoms with Crippen LogP contribution in [0.5, 0.6) is 5.75 Å². The summed E-state index contributed by atoms with van der Waals surface area (Å²) in [6, 6.07) is 10.7. The normalized spacial score (nSPS) is 10.1. The molecule has 5 N–H and O–H groups in total. The lowest BCUT2D eigenvalue weighted by Crippen LogP contribution is -2.19. The summed E-state index contributed by atoms with van der Waals surface area (Å²) in [5.74, 6) is 0.581. The molecule has 0 unspecified atom stereocenters. The SMILES string of the molecule is Cc1ccc(C(N)=O)c(NCCOc2ccccc2N)n1. The highest BCUT2D eigenvalue weighted by Crippen LogP contribution is 2.19. The van der Waals surface area contributed by atoms with Gasteiger partial charge in [-0.15, -0.1) is 0 Å². The summed E-state index contributed by atoms with van der Waals surface area (Å²) in [5, 5.41) is 3.05. The fourth-order valence-corrected chi connectivity index (χ4v) is 1.83. The van der Waals surface area contributed by atoms with E-state index in [2.05, 4.69) is 10.3 Å². The number of hydrogen-bond acceptors (Lipinski definition) is 5. The number of carbonyl (C=O) groups excluding carboxylic acids is 1. The summed E-state index contributed by atoms with van der Waals surface area (Å²) in [5.41, 5.74) is 12.8. The van der Waals surface area contributed by atoms with Gasteiger partial charge in [-0.1, -0.05) is 12.1 Å². The van der Waals surface area contributed by atoms with Gasteiger partial charge in [0.15, 0.2) is 0 Å². The van der Waals surface area contributed by atoms with Gasteiger partial charge in [0.25, 0.3) is 5.91 Å². The van der Waals surface area contributed by atoms with Gasteiger partial charge in [-0.2, -0.15) is 0 Å².